The highest BCUT2D eigenvalue weighted by Gasteiger charge is 2.24. The quantitative estimate of drug-likeness (QED) is 0.610. The highest BCUT2D eigenvalue weighted by atomic mass is 35.5. The summed E-state index contributed by atoms with van der Waals surface area (Å²) in [5.41, 5.74) is -0.465. The fraction of sp³-hybridized carbons (Fsp3) is 0.0769. The van der Waals surface area contributed by atoms with Crippen LogP contribution >= 0.6 is 11.6 Å². The molecule has 0 unspecified atom stereocenters. The topological polar surface area (TPSA) is 9.23 Å². The molecule has 0 fully saturated rings. The van der Waals surface area contributed by atoms with Crippen LogP contribution in [0, 0.1) is 5.82 Å². The maximum atomic E-state index is 13.4. The van der Waals surface area contributed by atoms with Gasteiger partial charge in [0.1, 0.15) is 18.2 Å². The first-order valence-corrected chi connectivity index (χ1v) is 6.11. The number of hydrogen-bond acceptors (Lipinski definition) is 1. The molecule has 0 atom stereocenters. The van der Waals surface area contributed by atoms with Crippen LogP contribution in [0.15, 0.2) is 42.5 Å². The van der Waals surface area contributed by atoms with Crippen molar-refractivity contribution < 1.29 is 22.1 Å². The Kier molecular flexibility index (Phi) is 4.23. The van der Waals surface area contributed by atoms with Crippen molar-refractivity contribution in [3.63, 3.8) is 0 Å². The van der Waals surface area contributed by atoms with Crippen molar-refractivity contribution in [3.8, 4) is 5.75 Å². The van der Waals surface area contributed by atoms with Gasteiger partial charge in [-0.3, -0.25) is 0 Å². The molecule has 0 aliphatic carbocycles. The van der Waals surface area contributed by atoms with Gasteiger partial charge < -0.3 is 17.7 Å². The zero-order valence-corrected chi connectivity index (χ0v) is 10.9. The summed E-state index contributed by atoms with van der Waals surface area (Å²) in [4.78, 5) is 0. The van der Waals surface area contributed by atoms with E-state index in [1.165, 1.54) is 30.3 Å². The first-order valence-electron chi connectivity index (χ1n) is 5.73. The number of rotatable bonds is 4. The first kappa shape index (κ1) is 14.7. The molecule has 0 aliphatic rings. The van der Waals surface area contributed by atoms with Crippen LogP contribution in [0.3, 0.4) is 0 Å². The third-order valence-corrected chi connectivity index (χ3v) is 2.90. The van der Waals surface area contributed by atoms with Crippen molar-refractivity contribution in [1.29, 1.82) is 0 Å². The fourth-order valence-corrected chi connectivity index (χ4v) is 1.79. The zero-order valence-electron chi connectivity index (χ0n) is 10.1. The molecule has 2 rings (SSSR count). The maximum Gasteiger partial charge on any atom is 0.509 e. The van der Waals surface area contributed by atoms with Gasteiger partial charge in [-0.2, -0.15) is 0 Å². The van der Waals surface area contributed by atoms with Gasteiger partial charge in [0.05, 0.1) is 0 Å². The first-order chi connectivity index (χ1) is 9.36. The zero-order chi connectivity index (χ0) is 14.8. The molecular formula is C13H9BClF4O-. The van der Waals surface area contributed by atoms with Crippen molar-refractivity contribution in [3.05, 3.63) is 58.9 Å². The lowest BCUT2D eigenvalue weighted by atomic mass is 9.80. The Morgan fingerprint density at radius 3 is 2.25 bits per heavy atom. The van der Waals surface area contributed by atoms with Crippen LogP contribution in [0.2, 0.25) is 5.02 Å². The number of hydrogen-bond donors (Lipinski definition) is 0. The second-order valence-corrected chi connectivity index (χ2v) is 4.60. The van der Waals surface area contributed by atoms with Gasteiger partial charge in [0.2, 0.25) is 0 Å². The van der Waals surface area contributed by atoms with Gasteiger partial charge in [-0.05, 0) is 30.3 Å². The molecule has 20 heavy (non-hydrogen) atoms. The Labute approximate surface area is 118 Å². The summed E-state index contributed by atoms with van der Waals surface area (Å²) in [5, 5.41) is 0.361. The molecule has 0 amide bonds. The summed E-state index contributed by atoms with van der Waals surface area (Å²) in [6, 6.07) is 8.29. The molecule has 1 nitrogen and oxygen atoms in total. The lowest BCUT2D eigenvalue weighted by Crippen LogP contribution is -2.33. The Morgan fingerprint density at radius 2 is 1.65 bits per heavy atom. The van der Waals surface area contributed by atoms with E-state index in [9.17, 15) is 17.3 Å². The summed E-state index contributed by atoms with van der Waals surface area (Å²) in [7, 11) is 0. The molecule has 0 aromatic heterocycles. The minimum Gasteiger partial charge on any atom is -0.489 e. The largest absolute Gasteiger partial charge is 0.509 e. The summed E-state index contributed by atoms with van der Waals surface area (Å²) < 4.78 is 55.9. The highest BCUT2D eigenvalue weighted by Crippen LogP contribution is 2.18. The van der Waals surface area contributed by atoms with Crippen molar-refractivity contribution >= 4 is 24.0 Å². The van der Waals surface area contributed by atoms with E-state index in [2.05, 4.69) is 0 Å². The summed E-state index contributed by atoms with van der Waals surface area (Å²) >= 11 is 5.72. The Morgan fingerprint density at radius 1 is 1.00 bits per heavy atom. The van der Waals surface area contributed by atoms with Gasteiger partial charge in [0.15, 0.2) is 0 Å². The van der Waals surface area contributed by atoms with E-state index in [0.29, 0.717) is 5.02 Å². The molecule has 0 heterocycles. The van der Waals surface area contributed by atoms with Crippen molar-refractivity contribution in [2.24, 2.45) is 0 Å². The average Bonchev–Trinajstić information content (AvgIpc) is 2.39. The number of halogens is 5. The Bertz CT molecular complexity index is 598. The van der Waals surface area contributed by atoms with Crippen LogP contribution in [-0.2, 0) is 6.61 Å². The minimum absolute atomic E-state index is 0.108. The molecule has 0 aliphatic heterocycles. The second kappa shape index (κ2) is 5.75. The standard InChI is InChI=1S/C13H9BClF4O/c15-11-3-6-13(16)9(7-11)8-20-12-4-1-10(2-5-12)14(17,18)19/h1-7H,8H2/q-1. The fourth-order valence-electron chi connectivity index (χ4n) is 1.60. The molecule has 0 N–H and O–H groups in total. The number of benzene rings is 2. The molecule has 106 valence electrons. The SMILES string of the molecule is Fc1ccc(Cl)cc1COc1ccc([B-](F)(F)F)cc1. The van der Waals surface area contributed by atoms with Crippen LogP contribution in [0.4, 0.5) is 17.3 Å². The highest BCUT2D eigenvalue weighted by molar-refractivity contribution is 6.73. The van der Waals surface area contributed by atoms with E-state index >= 15 is 0 Å². The molecule has 0 saturated carbocycles. The van der Waals surface area contributed by atoms with E-state index < -0.39 is 18.3 Å². The van der Waals surface area contributed by atoms with Gasteiger partial charge in [0.25, 0.3) is 0 Å². The van der Waals surface area contributed by atoms with Gasteiger partial charge in [-0.25, -0.2) is 4.39 Å². The molecule has 0 saturated heterocycles. The van der Waals surface area contributed by atoms with E-state index in [-0.39, 0.29) is 17.9 Å². The smallest absolute Gasteiger partial charge is 0.489 e. The van der Waals surface area contributed by atoms with Gasteiger partial charge >= 0.3 is 6.98 Å². The van der Waals surface area contributed by atoms with Crippen LogP contribution in [0.5, 0.6) is 5.75 Å². The van der Waals surface area contributed by atoms with E-state index in [4.69, 9.17) is 16.3 Å². The van der Waals surface area contributed by atoms with Crippen LogP contribution in [-0.4, -0.2) is 6.98 Å². The molecule has 2 aromatic carbocycles. The summed E-state index contributed by atoms with van der Waals surface area (Å²) in [5.74, 6) is -0.252. The Hall–Kier alpha value is -1.69. The third-order valence-electron chi connectivity index (χ3n) is 2.66. The monoisotopic (exact) mass is 303 g/mol. The summed E-state index contributed by atoms with van der Waals surface area (Å²) in [6.45, 7) is -5.13. The van der Waals surface area contributed by atoms with Crippen LogP contribution in [0.25, 0.3) is 0 Å². The minimum atomic E-state index is -5.02. The van der Waals surface area contributed by atoms with Gasteiger partial charge in [-0.15, -0.1) is 5.46 Å². The molecule has 7 heteroatoms. The molecule has 0 bridgehead atoms. The van der Waals surface area contributed by atoms with Gasteiger partial charge in [-0.1, -0.05) is 23.7 Å². The van der Waals surface area contributed by atoms with E-state index in [0.717, 1.165) is 12.1 Å². The molecule has 0 spiro atoms. The summed E-state index contributed by atoms with van der Waals surface area (Å²) in [6.07, 6.45) is 0. The predicted octanol–water partition coefficient (Wildman–Crippen LogP) is 4.11. The second-order valence-electron chi connectivity index (χ2n) is 4.17. The van der Waals surface area contributed by atoms with E-state index in [1.54, 1.807) is 0 Å². The predicted molar refractivity (Wildman–Crippen MR) is 70.9 cm³/mol. The lowest BCUT2D eigenvalue weighted by Gasteiger charge is -2.15. The van der Waals surface area contributed by atoms with Crippen molar-refractivity contribution in [2.45, 2.75) is 6.61 Å². The van der Waals surface area contributed by atoms with Crippen molar-refractivity contribution in [2.75, 3.05) is 0 Å². The maximum absolute atomic E-state index is 13.4. The molecule has 2 aromatic rings. The van der Waals surface area contributed by atoms with Crippen molar-refractivity contribution in [1.82, 2.24) is 0 Å². The van der Waals surface area contributed by atoms with Crippen LogP contribution in [0.1, 0.15) is 5.56 Å². The molecule has 0 radical (unpaired) electrons. The van der Waals surface area contributed by atoms with Gasteiger partial charge in [0, 0.05) is 10.6 Å². The normalized spacial score (nSPS) is 11.4. The molecular weight excluding hydrogens is 294 g/mol. The number of ether oxygens (including phenoxy) is 1. The Balaban J connectivity index is 2.06. The van der Waals surface area contributed by atoms with E-state index in [1.807, 2.05) is 0 Å². The lowest BCUT2D eigenvalue weighted by molar-refractivity contribution is 0.300. The average molecular weight is 303 g/mol. The third kappa shape index (κ3) is 3.66. The van der Waals surface area contributed by atoms with Crippen LogP contribution < -0.4 is 10.2 Å².